The van der Waals surface area contributed by atoms with Crippen molar-refractivity contribution in [3.8, 4) is 0 Å². The molecular formula is C56H89N9O11. The topological polar surface area (TPSA) is 260 Å². The zero-order valence-electron chi connectivity index (χ0n) is 47.3. The number of hydrogen-bond donors (Lipinski definition) is 6. The smallest absolute Gasteiger partial charge is 0.410 e. The van der Waals surface area contributed by atoms with Gasteiger partial charge in [-0.1, -0.05) is 97.4 Å². The quantitative estimate of drug-likeness (QED) is 0.0542. The Morgan fingerprint density at radius 3 is 2.01 bits per heavy atom. The molecule has 1 heterocycles. The molecule has 9 amide bonds. The normalized spacial score (nSPS) is 16.9. The number of nitrogens with one attached hydrogen (secondary N) is 5. The molecule has 2 aromatic carbocycles. The number of nitrogens with two attached hydrogens (primary N) is 1. The Labute approximate surface area is 451 Å². The van der Waals surface area contributed by atoms with E-state index >= 15 is 0 Å². The lowest BCUT2D eigenvalue weighted by Crippen LogP contribution is -2.59. The largest absolute Gasteiger partial charge is 0.445 e. The average Bonchev–Trinajstić information content (AvgIpc) is 3.86. The first kappa shape index (κ1) is 64.0. The van der Waals surface area contributed by atoms with Crippen LogP contribution in [0.15, 0.2) is 54.6 Å². The molecule has 10 atom stereocenters. The second kappa shape index (κ2) is 31.7. The highest BCUT2D eigenvalue weighted by Crippen LogP contribution is 2.30. The molecule has 7 N–H and O–H groups in total. The minimum atomic E-state index is -1.13. The van der Waals surface area contributed by atoms with Crippen LogP contribution in [0.25, 0.3) is 0 Å². The van der Waals surface area contributed by atoms with Gasteiger partial charge in [-0.3, -0.25) is 33.7 Å². The van der Waals surface area contributed by atoms with Crippen LogP contribution in [0.4, 0.5) is 15.3 Å². The first-order valence-corrected chi connectivity index (χ1v) is 26.8. The molecule has 0 aliphatic carbocycles. The van der Waals surface area contributed by atoms with Crippen molar-refractivity contribution in [1.82, 2.24) is 36.0 Å². The van der Waals surface area contributed by atoms with Crippen LogP contribution in [0.5, 0.6) is 0 Å². The van der Waals surface area contributed by atoms with Gasteiger partial charge in [0, 0.05) is 59.6 Å². The Bertz CT molecular complexity index is 2200. The van der Waals surface area contributed by atoms with Crippen molar-refractivity contribution in [3.63, 3.8) is 0 Å². The molecule has 20 nitrogen and oxygen atoms in total. The zero-order valence-corrected chi connectivity index (χ0v) is 47.3. The van der Waals surface area contributed by atoms with E-state index in [-0.39, 0.29) is 74.1 Å². The molecule has 0 saturated carbocycles. The molecule has 1 aliphatic rings. The van der Waals surface area contributed by atoms with Crippen LogP contribution < -0.4 is 32.3 Å². The number of anilines is 1. The molecule has 1 fully saturated rings. The molecule has 2 aromatic rings. The number of likely N-dealkylation sites (N-methyl/N-ethyl adjacent to an activating group) is 2. The molecular weight excluding hydrogens is 975 g/mol. The van der Waals surface area contributed by atoms with Crippen molar-refractivity contribution in [3.05, 3.63) is 65.7 Å². The second-order valence-electron chi connectivity index (χ2n) is 21.1. The van der Waals surface area contributed by atoms with Gasteiger partial charge in [0.1, 0.15) is 24.7 Å². The number of hydrogen-bond acceptors (Lipinski definition) is 11. The van der Waals surface area contributed by atoms with Gasteiger partial charge in [-0.05, 0) is 87.0 Å². The van der Waals surface area contributed by atoms with Crippen LogP contribution in [-0.4, -0.2) is 152 Å². The molecule has 424 valence electrons. The Balaban J connectivity index is 1.76. The van der Waals surface area contributed by atoms with Gasteiger partial charge in [-0.2, -0.15) is 0 Å². The van der Waals surface area contributed by atoms with Crippen molar-refractivity contribution in [2.24, 2.45) is 29.4 Å². The van der Waals surface area contributed by atoms with Crippen LogP contribution in [0, 0.1) is 23.7 Å². The number of urea groups is 1. The van der Waals surface area contributed by atoms with Crippen LogP contribution in [0.3, 0.4) is 0 Å². The molecule has 0 bridgehead atoms. The van der Waals surface area contributed by atoms with Crippen molar-refractivity contribution in [1.29, 1.82) is 0 Å². The Kier molecular flexibility index (Phi) is 26.7. The molecule has 20 heteroatoms. The number of amides is 9. The van der Waals surface area contributed by atoms with Gasteiger partial charge < -0.3 is 56.3 Å². The molecule has 3 rings (SSSR count). The number of primary amides is 1. The van der Waals surface area contributed by atoms with E-state index < -0.39 is 78.1 Å². The van der Waals surface area contributed by atoms with Gasteiger partial charge in [0.2, 0.25) is 35.4 Å². The summed E-state index contributed by atoms with van der Waals surface area (Å²) >= 11 is 0. The Hall–Kier alpha value is -6.28. The van der Waals surface area contributed by atoms with Gasteiger partial charge in [-0.15, -0.1) is 0 Å². The van der Waals surface area contributed by atoms with Crippen molar-refractivity contribution < 1.29 is 52.6 Å². The van der Waals surface area contributed by atoms with Gasteiger partial charge in [0.15, 0.2) is 0 Å². The minimum Gasteiger partial charge on any atom is -0.445 e. The lowest BCUT2D eigenvalue weighted by Gasteiger charge is -2.40. The first-order valence-electron chi connectivity index (χ1n) is 26.8. The highest BCUT2D eigenvalue weighted by atomic mass is 16.6. The van der Waals surface area contributed by atoms with Crippen LogP contribution >= 0.6 is 0 Å². The van der Waals surface area contributed by atoms with Crippen LogP contribution in [-0.2, 0) is 56.0 Å². The molecule has 0 aromatic heterocycles. The van der Waals surface area contributed by atoms with Gasteiger partial charge >= 0.3 is 12.1 Å². The van der Waals surface area contributed by atoms with Gasteiger partial charge in [0.25, 0.3) is 0 Å². The molecule has 0 radical (unpaired) electrons. The summed E-state index contributed by atoms with van der Waals surface area (Å²) in [4.78, 5) is 112. The van der Waals surface area contributed by atoms with E-state index in [1.807, 2.05) is 71.9 Å². The standard InChI is InChI=1S/C56H89N9O11/c1-14-36(6)49(45(74-12)32-47(67)65-29-19-23-44(65)50(75-13)38(8)51(68)59-37(7)31-40-20-16-15-17-21-40)63(10)54(71)43(22-18-28-58-55(57)72)62-53(70)48(35(4)5)64(11)56(73)76-33-41-24-26-42(27-25-41)61-52(69)39(9)60-46(66)30-34(2)3/h15-17,20-21,24-27,34-39,43-45,48-50H,14,18-19,22-23,28-33H2,1-13H3,(H,59,68)(H,60,66)(H,61,69)(H,62,70)(H3,57,58,72)/t36-,37+,38+,39-,43-,44-,45+,48?,49-,50+/m0/s1. The Morgan fingerprint density at radius 1 is 0.776 bits per heavy atom. The predicted octanol–water partition coefficient (Wildman–Crippen LogP) is 5.37. The summed E-state index contributed by atoms with van der Waals surface area (Å²) in [5.41, 5.74) is 7.52. The molecule has 0 spiro atoms. The zero-order chi connectivity index (χ0) is 56.8. The molecule has 1 saturated heterocycles. The number of benzene rings is 2. The summed E-state index contributed by atoms with van der Waals surface area (Å²) < 4.78 is 17.7. The number of ether oxygens (including phenoxy) is 3. The number of methoxy groups -OCH3 is 2. The fourth-order valence-corrected chi connectivity index (χ4v) is 9.94. The number of nitrogens with zero attached hydrogens (tertiary/aromatic N) is 3. The number of likely N-dealkylation sites (tertiary alicyclic amines) is 1. The molecule has 1 unspecified atom stereocenters. The maximum absolute atomic E-state index is 14.8. The van der Waals surface area contributed by atoms with E-state index in [9.17, 15) is 38.4 Å². The van der Waals surface area contributed by atoms with E-state index in [0.717, 1.165) is 12.0 Å². The first-order chi connectivity index (χ1) is 35.9. The second-order valence-corrected chi connectivity index (χ2v) is 21.1. The Morgan fingerprint density at radius 2 is 1.43 bits per heavy atom. The SMILES string of the molecule is CC[C@H](C)[C@@H]([C@@H](CC(=O)N1CCC[C@H]1[C@H](OC)[C@@H](C)C(=O)N[C@H](C)Cc1ccccc1)OC)N(C)C(=O)[C@H](CCCNC(N)=O)NC(=O)C(C(C)C)N(C)C(=O)OCc1ccc(NC(=O)[C@H](C)NC(=O)CC(C)C)cc1. The summed E-state index contributed by atoms with van der Waals surface area (Å²) in [5.74, 6) is -3.10. The highest BCUT2D eigenvalue weighted by Gasteiger charge is 2.43. The maximum atomic E-state index is 14.8. The van der Waals surface area contributed by atoms with Crippen molar-refractivity contribution >= 4 is 53.3 Å². The summed E-state index contributed by atoms with van der Waals surface area (Å²) in [6.45, 7) is 17.1. The summed E-state index contributed by atoms with van der Waals surface area (Å²) in [7, 11) is 6.11. The van der Waals surface area contributed by atoms with E-state index in [2.05, 4.69) is 26.6 Å². The fraction of sp³-hybridized carbons (Fsp3) is 0.643. The van der Waals surface area contributed by atoms with E-state index in [4.69, 9.17) is 19.9 Å². The van der Waals surface area contributed by atoms with E-state index in [1.54, 1.807) is 64.1 Å². The maximum Gasteiger partial charge on any atom is 0.410 e. The third-order valence-corrected chi connectivity index (χ3v) is 14.2. The van der Waals surface area contributed by atoms with Gasteiger partial charge in [0.05, 0.1) is 36.6 Å². The number of carbonyl (C=O) groups is 8. The van der Waals surface area contributed by atoms with Crippen LogP contribution in [0.2, 0.25) is 0 Å². The van der Waals surface area contributed by atoms with Crippen LogP contribution in [0.1, 0.15) is 118 Å². The van der Waals surface area contributed by atoms with Gasteiger partial charge in [-0.25, -0.2) is 9.59 Å². The average molecular weight is 1060 g/mol. The third-order valence-electron chi connectivity index (χ3n) is 14.2. The monoisotopic (exact) mass is 1060 g/mol. The molecule has 1 aliphatic heterocycles. The van der Waals surface area contributed by atoms with Crippen molar-refractivity contribution in [2.45, 2.75) is 169 Å². The minimum absolute atomic E-state index is 0.0772. The summed E-state index contributed by atoms with van der Waals surface area (Å²) in [6, 6.07) is 11.7. The lowest BCUT2D eigenvalue weighted by atomic mass is 9.89. The number of rotatable bonds is 30. The summed E-state index contributed by atoms with van der Waals surface area (Å²) in [5, 5.41) is 14.0. The predicted molar refractivity (Wildman–Crippen MR) is 291 cm³/mol. The highest BCUT2D eigenvalue weighted by molar-refractivity contribution is 5.97. The third kappa shape index (κ3) is 19.7. The van der Waals surface area contributed by atoms with E-state index in [0.29, 0.717) is 43.5 Å². The van der Waals surface area contributed by atoms with Crippen molar-refractivity contribution in [2.75, 3.05) is 46.7 Å². The summed E-state index contributed by atoms with van der Waals surface area (Å²) in [6.07, 6.45) is 1.06. The van der Waals surface area contributed by atoms with E-state index in [1.165, 1.54) is 24.0 Å². The molecule has 76 heavy (non-hydrogen) atoms. The lowest BCUT2D eigenvalue weighted by molar-refractivity contribution is -0.147. The fourth-order valence-electron chi connectivity index (χ4n) is 9.94. The number of carbonyl (C=O) groups excluding carboxylic acids is 8.